The number of hydrogen-bond donors (Lipinski definition) is 1. The van der Waals surface area contributed by atoms with E-state index in [1.54, 1.807) is 0 Å². The second-order valence-corrected chi connectivity index (χ2v) is 6.03. The summed E-state index contributed by atoms with van der Waals surface area (Å²) >= 11 is 1.89. The Labute approximate surface area is 120 Å². The first-order chi connectivity index (χ1) is 9.25. The first-order valence-electron chi connectivity index (χ1n) is 6.77. The third kappa shape index (κ3) is 4.64. The zero-order chi connectivity index (χ0) is 13.5. The van der Waals surface area contributed by atoms with Crippen LogP contribution in [0.1, 0.15) is 25.3 Å². The quantitative estimate of drug-likeness (QED) is 0.585. The van der Waals surface area contributed by atoms with Crippen molar-refractivity contribution in [1.29, 1.82) is 0 Å². The minimum atomic E-state index is 0.600. The molecule has 2 aromatic rings. The van der Waals surface area contributed by atoms with Gasteiger partial charge in [0, 0.05) is 22.9 Å². The molecule has 0 fully saturated rings. The van der Waals surface area contributed by atoms with E-state index in [9.17, 15) is 0 Å². The summed E-state index contributed by atoms with van der Waals surface area (Å²) in [5.41, 5.74) is 2.60. The molecule has 0 amide bonds. The molecule has 0 radical (unpaired) electrons. The van der Waals surface area contributed by atoms with Crippen LogP contribution in [0.25, 0.3) is 0 Å². The topological polar surface area (TPSA) is 12.0 Å². The summed E-state index contributed by atoms with van der Waals surface area (Å²) in [5, 5.41) is 3.46. The van der Waals surface area contributed by atoms with E-state index in [0.717, 1.165) is 12.3 Å². The molecule has 0 atom stereocenters. The van der Waals surface area contributed by atoms with E-state index >= 15 is 0 Å². The summed E-state index contributed by atoms with van der Waals surface area (Å²) in [7, 11) is 0. The third-order valence-electron chi connectivity index (χ3n) is 3.02. The fourth-order valence-electron chi connectivity index (χ4n) is 1.87. The van der Waals surface area contributed by atoms with Gasteiger partial charge in [-0.15, -0.1) is 11.8 Å². The second kappa shape index (κ2) is 7.25. The highest BCUT2D eigenvalue weighted by molar-refractivity contribution is 7.99. The van der Waals surface area contributed by atoms with Gasteiger partial charge >= 0.3 is 0 Å². The number of benzene rings is 2. The van der Waals surface area contributed by atoms with Crippen molar-refractivity contribution >= 4 is 17.4 Å². The van der Waals surface area contributed by atoms with E-state index in [2.05, 4.69) is 73.8 Å². The monoisotopic (exact) mass is 271 g/mol. The maximum absolute atomic E-state index is 3.46. The van der Waals surface area contributed by atoms with Gasteiger partial charge in [-0.05, 0) is 35.7 Å². The lowest BCUT2D eigenvalue weighted by Gasteiger charge is -2.09. The zero-order valence-electron chi connectivity index (χ0n) is 11.6. The minimum Gasteiger partial charge on any atom is -0.384 e. The molecule has 0 saturated carbocycles. The predicted molar refractivity (Wildman–Crippen MR) is 86.2 cm³/mol. The summed E-state index contributed by atoms with van der Waals surface area (Å²) in [6, 6.07) is 19.3. The molecule has 1 N–H and O–H groups in total. The Balaban J connectivity index is 1.74. The van der Waals surface area contributed by atoms with Crippen molar-refractivity contribution in [3.8, 4) is 0 Å². The van der Waals surface area contributed by atoms with Crippen molar-refractivity contribution in [3.05, 3.63) is 60.2 Å². The highest BCUT2D eigenvalue weighted by atomic mass is 32.2. The molecule has 0 saturated heterocycles. The van der Waals surface area contributed by atoms with Gasteiger partial charge in [-0.1, -0.05) is 44.2 Å². The van der Waals surface area contributed by atoms with Crippen LogP contribution in [-0.4, -0.2) is 12.3 Å². The fourth-order valence-corrected chi connectivity index (χ4v) is 2.66. The molecule has 19 heavy (non-hydrogen) atoms. The molecule has 0 aliphatic heterocycles. The molecule has 100 valence electrons. The molecular weight excluding hydrogens is 250 g/mol. The van der Waals surface area contributed by atoms with Crippen LogP contribution in [0.4, 0.5) is 5.69 Å². The smallest absolute Gasteiger partial charge is 0.0340 e. The molecule has 0 aromatic heterocycles. The van der Waals surface area contributed by atoms with Gasteiger partial charge in [-0.3, -0.25) is 0 Å². The first-order valence-corrected chi connectivity index (χ1v) is 7.76. The van der Waals surface area contributed by atoms with Crippen molar-refractivity contribution in [2.45, 2.75) is 24.7 Å². The Bertz CT molecular complexity index is 476. The third-order valence-corrected chi connectivity index (χ3v) is 4.03. The van der Waals surface area contributed by atoms with Crippen molar-refractivity contribution < 1.29 is 0 Å². The average molecular weight is 271 g/mol. The molecule has 2 rings (SSSR count). The number of rotatable bonds is 6. The van der Waals surface area contributed by atoms with Crippen molar-refractivity contribution in [3.63, 3.8) is 0 Å². The van der Waals surface area contributed by atoms with Crippen LogP contribution in [-0.2, 0) is 0 Å². The van der Waals surface area contributed by atoms with Crippen molar-refractivity contribution in [2.75, 3.05) is 17.6 Å². The highest BCUT2D eigenvalue weighted by Gasteiger charge is 1.98. The van der Waals surface area contributed by atoms with Gasteiger partial charge in [0.2, 0.25) is 0 Å². The van der Waals surface area contributed by atoms with Crippen molar-refractivity contribution in [2.24, 2.45) is 0 Å². The molecule has 0 unspecified atom stereocenters. The predicted octanol–water partition coefficient (Wildman–Crippen LogP) is 5.01. The zero-order valence-corrected chi connectivity index (χ0v) is 12.4. The van der Waals surface area contributed by atoms with E-state index in [1.807, 2.05) is 11.8 Å². The van der Waals surface area contributed by atoms with E-state index in [4.69, 9.17) is 0 Å². The molecular formula is C17H21NS. The number of thioether (sulfide) groups is 1. The lowest BCUT2D eigenvalue weighted by Crippen LogP contribution is -2.03. The Morgan fingerprint density at radius 2 is 1.63 bits per heavy atom. The number of hydrogen-bond acceptors (Lipinski definition) is 2. The van der Waals surface area contributed by atoms with Gasteiger partial charge in [0.05, 0.1) is 0 Å². The van der Waals surface area contributed by atoms with Gasteiger partial charge in [-0.2, -0.15) is 0 Å². The van der Waals surface area contributed by atoms with Crippen LogP contribution in [0.15, 0.2) is 59.5 Å². The Morgan fingerprint density at radius 3 is 2.26 bits per heavy atom. The number of nitrogens with one attached hydrogen (secondary N) is 1. The summed E-state index contributed by atoms with van der Waals surface area (Å²) in [5.74, 6) is 1.68. The first kappa shape index (κ1) is 14.0. The van der Waals surface area contributed by atoms with E-state index in [1.165, 1.54) is 16.1 Å². The van der Waals surface area contributed by atoms with Crippen LogP contribution in [0, 0.1) is 0 Å². The summed E-state index contributed by atoms with van der Waals surface area (Å²) < 4.78 is 0. The lowest BCUT2D eigenvalue weighted by molar-refractivity contribution is 0.867. The fraction of sp³-hybridized carbons (Fsp3) is 0.294. The van der Waals surface area contributed by atoms with Gasteiger partial charge < -0.3 is 5.32 Å². The summed E-state index contributed by atoms with van der Waals surface area (Å²) in [6.45, 7) is 5.43. The van der Waals surface area contributed by atoms with E-state index in [0.29, 0.717) is 5.92 Å². The van der Waals surface area contributed by atoms with Gasteiger partial charge in [0.1, 0.15) is 0 Å². The molecule has 1 nitrogen and oxygen atoms in total. The Morgan fingerprint density at radius 1 is 0.947 bits per heavy atom. The molecule has 0 heterocycles. The normalized spacial score (nSPS) is 10.7. The summed E-state index contributed by atoms with van der Waals surface area (Å²) in [4.78, 5) is 1.33. The SMILES string of the molecule is CC(C)c1ccc(NCCSc2ccccc2)cc1. The van der Waals surface area contributed by atoms with Crippen LogP contribution < -0.4 is 5.32 Å². The molecule has 2 aromatic carbocycles. The molecule has 0 aliphatic carbocycles. The Hall–Kier alpha value is -1.41. The van der Waals surface area contributed by atoms with E-state index in [-0.39, 0.29) is 0 Å². The van der Waals surface area contributed by atoms with Crippen LogP contribution >= 0.6 is 11.8 Å². The molecule has 2 heteroatoms. The molecule has 0 aliphatic rings. The number of anilines is 1. The van der Waals surface area contributed by atoms with Gasteiger partial charge in [0.15, 0.2) is 0 Å². The van der Waals surface area contributed by atoms with Gasteiger partial charge in [0.25, 0.3) is 0 Å². The Kier molecular flexibility index (Phi) is 5.34. The summed E-state index contributed by atoms with van der Waals surface area (Å²) in [6.07, 6.45) is 0. The van der Waals surface area contributed by atoms with E-state index < -0.39 is 0 Å². The maximum atomic E-state index is 3.46. The van der Waals surface area contributed by atoms with Crippen LogP contribution in [0.3, 0.4) is 0 Å². The van der Waals surface area contributed by atoms with Crippen LogP contribution in [0.5, 0.6) is 0 Å². The second-order valence-electron chi connectivity index (χ2n) is 4.86. The maximum Gasteiger partial charge on any atom is 0.0340 e. The molecule has 0 spiro atoms. The standard InChI is InChI=1S/C17H21NS/c1-14(2)15-8-10-16(11-9-15)18-12-13-19-17-6-4-3-5-7-17/h3-11,14,18H,12-13H2,1-2H3. The largest absolute Gasteiger partial charge is 0.384 e. The minimum absolute atomic E-state index is 0.600. The average Bonchev–Trinajstić information content (AvgIpc) is 2.45. The van der Waals surface area contributed by atoms with Crippen molar-refractivity contribution in [1.82, 2.24) is 0 Å². The lowest BCUT2D eigenvalue weighted by atomic mass is 10.0. The molecule has 0 bridgehead atoms. The van der Waals surface area contributed by atoms with Crippen LogP contribution in [0.2, 0.25) is 0 Å². The highest BCUT2D eigenvalue weighted by Crippen LogP contribution is 2.18. The van der Waals surface area contributed by atoms with Gasteiger partial charge in [-0.25, -0.2) is 0 Å².